The van der Waals surface area contributed by atoms with Gasteiger partial charge in [0.1, 0.15) is 11.6 Å². The molecule has 1 aromatic heterocycles. The molecule has 1 aromatic carbocycles. The molecule has 0 spiro atoms. The summed E-state index contributed by atoms with van der Waals surface area (Å²) in [5.74, 6) is -0.796. The largest absolute Gasteiger partial charge is 0.416 e. The van der Waals surface area contributed by atoms with Gasteiger partial charge in [-0.3, -0.25) is 9.48 Å². The van der Waals surface area contributed by atoms with Gasteiger partial charge in [-0.1, -0.05) is 6.07 Å². The molecule has 8 heteroatoms. The summed E-state index contributed by atoms with van der Waals surface area (Å²) in [7, 11) is 1.67. The lowest BCUT2D eigenvalue weighted by Crippen LogP contribution is -2.14. The molecule has 118 valence electrons. The Balaban J connectivity index is 2.21. The minimum atomic E-state index is -4.51. The fourth-order valence-corrected chi connectivity index (χ4v) is 1.80. The SMILES string of the molecule is Cn1cc(/C=C(/C#N)C(=O)Nc2cccc(C(F)(F)F)c2)cn1. The van der Waals surface area contributed by atoms with Gasteiger partial charge in [0.2, 0.25) is 0 Å². The first-order valence-corrected chi connectivity index (χ1v) is 6.38. The third kappa shape index (κ3) is 4.20. The van der Waals surface area contributed by atoms with E-state index < -0.39 is 17.6 Å². The molecule has 5 nitrogen and oxygen atoms in total. The van der Waals surface area contributed by atoms with Gasteiger partial charge in [-0.05, 0) is 24.3 Å². The molecule has 0 radical (unpaired) electrons. The van der Waals surface area contributed by atoms with Crippen LogP contribution in [0.3, 0.4) is 0 Å². The normalized spacial score (nSPS) is 11.9. The first-order chi connectivity index (χ1) is 10.8. The van der Waals surface area contributed by atoms with Crippen LogP contribution in [-0.2, 0) is 18.0 Å². The number of hydrogen-bond acceptors (Lipinski definition) is 3. The van der Waals surface area contributed by atoms with Crippen LogP contribution < -0.4 is 5.32 Å². The molecule has 0 atom stereocenters. The molecule has 0 aliphatic rings. The number of anilines is 1. The molecule has 2 aromatic rings. The van der Waals surface area contributed by atoms with Gasteiger partial charge in [-0.2, -0.15) is 23.5 Å². The molecule has 0 aliphatic carbocycles. The lowest BCUT2D eigenvalue weighted by molar-refractivity contribution is -0.137. The summed E-state index contributed by atoms with van der Waals surface area (Å²) in [4.78, 5) is 12.0. The number of nitrogens with zero attached hydrogens (tertiary/aromatic N) is 3. The molecular formula is C15H11F3N4O. The van der Waals surface area contributed by atoms with E-state index in [4.69, 9.17) is 5.26 Å². The van der Waals surface area contributed by atoms with Crippen LogP contribution in [0, 0.1) is 11.3 Å². The van der Waals surface area contributed by atoms with Crippen molar-refractivity contribution in [2.75, 3.05) is 5.32 Å². The second-order valence-electron chi connectivity index (χ2n) is 4.65. The van der Waals surface area contributed by atoms with Crippen molar-refractivity contribution in [3.05, 3.63) is 53.4 Å². The van der Waals surface area contributed by atoms with Gasteiger partial charge in [0.15, 0.2) is 0 Å². The summed E-state index contributed by atoms with van der Waals surface area (Å²) in [6.07, 6.45) is -0.163. The Kier molecular flexibility index (Phi) is 4.50. The number of hydrogen-bond donors (Lipinski definition) is 1. The Morgan fingerprint density at radius 2 is 2.17 bits per heavy atom. The fraction of sp³-hybridized carbons (Fsp3) is 0.133. The Bertz CT molecular complexity index is 800. The lowest BCUT2D eigenvalue weighted by atomic mass is 10.1. The van der Waals surface area contributed by atoms with Gasteiger partial charge in [0, 0.05) is 24.5 Å². The maximum atomic E-state index is 12.6. The molecule has 0 saturated heterocycles. The van der Waals surface area contributed by atoms with E-state index in [1.54, 1.807) is 19.3 Å². The summed E-state index contributed by atoms with van der Waals surface area (Å²) in [6, 6.07) is 5.90. The van der Waals surface area contributed by atoms with E-state index in [2.05, 4.69) is 10.4 Å². The number of nitriles is 1. The van der Waals surface area contributed by atoms with Gasteiger partial charge >= 0.3 is 6.18 Å². The molecule has 0 fully saturated rings. The van der Waals surface area contributed by atoms with Crippen LogP contribution in [0.15, 0.2) is 42.2 Å². The van der Waals surface area contributed by atoms with Crippen LogP contribution in [0.4, 0.5) is 18.9 Å². The second-order valence-corrected chi connectivity index (χ2v) is 4.65. The van der Waals surface area contributed by atoms with Crippen molar-refractivity contribution >= 4 is 17.7 Å². The zero-order valence-corrected chi connectivity index (χ0v) is 11.9. The topological polar surface area (TPSA) is 70.7 Å². The van der Waals surface area contributed by atoms with Gasteiger partial charge in [0.05, 0.1) is 11.8 Å². The molecule has 23 heavy (non-hydrogen) atoms. The van der Waals surface area contributed by atoms with Crippen LogP contribution in [0.5, 0.6) is 0 Å². The molecule has 0 aliphatic heterocycles. The van der Waals surface area contributed by atoms with Crippen molar-refractivity contribution in [3.63, 3.8) is 0 Å². The minimum absolute atomic E-state index is 0.0443. The number of aromatic nitrogens is 2. The fourth-order valence-electron chi connectivity index (χ4n) is 1.80. The lowest BCUT2D eigenvalue weighted by Gasteiger charge is -2.09. The second kappa shape index (κ2) is 6.36. The molecule has 0 bridgehead atoms. The van der Waals surface area contributed by atoms with Crippen molar-refractivity contribution in [3.8, 4) is 6.07 Å². The molecular weight excluding hydrogens is 309 g/mol. The summed E-state index contributed by atoms with van der Waals surface area (Å²) in [5, 5.41) is 15.2. The number of nitrogens with one attached hydrogen (secondary N) is 1. The molecule has 0 saturated carbocycles. The highest BCUT2D eigenvalue weighted by Crippen LogP contribution is 2.30. The standard InChI is InChI=1S/C15H11F3N4O/c1-22-9-10(8-20-22)5-11(7-19)14(23)21-13-4-2-3-12(6-13)15(16,17)18/h2-6,8-9H,1H3,(H,21,23)/b11-5-. The smallest absolute Gasteiger partial charge is 0.321 e. The van der Waals surface area contributed by atoms with Crippen LogP contribution in [0.25, 0.3) is 6.08 Å². The van der Waals surface area contributed by atoms with Gasteiger partial charge in [-0.25, -0.2) is 0 Å². The van der Waals surface area contributed by atoms with E-state index in [0.717, 1.165) is 12.1 Å². The average molecular weight is 320 g/mol. The number of carbonyl (C=O) groups excluding carboxylic acids is 1. The number of aryl methyl sites for hydroxylation is 1. The molecule has 1 amide bonds. The molecule has 1 heterocycles. The van der Waals surface area contributed by atoms with Crippen molar-refractivity contribution in [2.45, 2.75) is 6.18 Å². The number of amides is 1. The van der Waals surface area contributed by atoms with Gasteiger partial charge in [0.25, 0.3) is 5.91 Å². The van der Waals surface area contributed by atoms with Crippen molar-refractivity contribution in [1.29, 1.82) is 5.26 Å². The monoisotopic (exact) mass is 320 g/mol. The number of alkyl halides is 3. The van der Waals surface area contributed by atoms with E-state index in [0.29, 0.717) is 5.56 Å². The number of carbonyl (C=O) groups is 1. The summed E-state index contributed by atoms with van der Waals surface area (Å²) in [5.41, 5.74) is -0.638. The highest BCUT2D eigenvalue weighted by molar-refractivity contribution is 6.09. The summed E-state index contributed by atoms with van der Waals surface area (Å²) < 4.78 is 39.4. The highest BCUT2D eigenvalue weighted by Gasteiger charge is 2.30. The highest BCUT2D eigenvalue weighted by atomic mass is 19.4. The minimum Gasteiger partial charge on any atom is -0.321 e. The third-order valence-corrected chi connectivity index (χ3v) is 2.85. The van der Waals surface area contributed by atoms with Crippen molar-refractivity contribution in [1.82, 2.24) is 9.78 Å². The van der Waals surface area contributed by atoms with Crippen LogP contribution >= 0.6 is 0 Å². The zero-order chi connectivity index (χ0) is 17.0. The molecule has 1 N–H and O–H groups in total. The van der Waals surface area contributed by atoms with Crippen LogP contribution in [0.2, 0.25) is 0 Å². The Morgan fingerprint density at radius 3 is 2.74 bits per heavy atom. The third-order valence-electron chi connectivity index (χ3n) is 2.85. The van der Waals surface area contributed by atoms with Crippen LogP contribution in [0.1, 0.15) is 11.1 Å². The Morgan fingerprint density at radius 1 is 1.43 bits per heavy atom. The Labute approximate surface area is 129 Å². The van der Waals surface area contributed by atoms with E-state index in [1.165, 1.54) is 29.1 Å². The first-order valence-electron chi connectivity index (χ1n) is 6.38. The van der Waals surface area contributed by atoms with E-state index in [1.807, 2.05) is 0 Å². The first kappa shape index (κ1) is 16.3. The number of benzene rings is 1. The molecule has 0 unspecified atom stereocenters. The maximum absolute atomic E-state index is 12.6. The summed E-state index contributed by atoms with van der Waals surface area (Å²) in [6.45, 7) is 0. The predicted molar refractivity (Wildman–Crippen MR) is 76.9 cm³/mol. The average Bonchev–Trinajstić information content (AvgIpc) is 2.89. The van der Waals surface area contributed by atoms with E-state index in [9.17, 15) is 18.0 Å². The quantitative estimate of drug-likeness (QED) is 0.698. The van der Waals surface area contributed by atoms with E-state index >= 15 is 0 Å². The van der Waals surface area contributed by atoms with Gasteiger partial charge < -0.3 is 5.32 Å². The van der Waals surface area contributed by atoms with Crippen molar-refractivity contribution < 1.29 is 18.0 Å². The Hall–Kier alpha value is -3.08. The zero-order valence-electron chi connectivity index (χ0n) is 11.9. The van der Waals surface area contributed by atoms with Crippen molar-refractivity contribution in [2.24, 2.45) is 7.05 Å². The van der Waals surface area contributed by atoms with Crippen LogP contribution in [-0.4, -0.2) is 15.7 Å². The van der Waals surface area contributed by atoms with E-state index in [-0.39, 0.29) is 11.3 Å². The number of halogens is 3. The number of rotatable bonds is 3. The van der Waals surface area contributed by atoms with Gasteiger partial charge in [-0.15, -0.1) is 0 Å². The predicted octanol–water partition coefficient (Wildman–Crippen LogP) is 2.98. The summed E-state index contributed by atoms with van der Waals surface area (Å²) >= 11 is 0. The molecule has 2 rings (SSSR count). The maximum Gasteiger partial charge on any atom is 0.416 e.